The first-order valence-electron chi connectivity index (χ1n) is 9.29. The van der Waals surface area contributed by atoms with Crippen molar-refractivity contribution in [3.8, 4) is 0 Å². The normalized spacial score (nSPS) is 23.9. The largest absolute Gasteiger partial charge is 0.394 e. The molecule has 2 heterocycles. The summed E-state index contributed by atoms with van der Waals surface area (Å²) in [6.45, 7) is 1.18. The molecule has 2 aliphatic rings. The number of carbonyl (C=O) groups excluding carboxylic acids is 2. The quantitative estimate of drug-likeness (QED) is 0.720. The molecule has 2 saturated heterocycles. The van der Waals surface area contributed by atoms with Crippen molar-refractivity contribution in [1.29, 1.82) is 0 Å². The maximum Gasteiger partial charge on any atom is 0.318 e. The average molecular weight is 361 g/mol. The SMILES string of the molecule is O=C(NCc1ccccc1)N1CCC[C@H]1C(=O)N1CCC[C@H]1[C@@H](O)CO. The molecule has 26 heavy (non-hydrogen) atoms. The number of benzene rings is 1. The number of nitrogens with one attached hydrogen (secondary N) is 1. The zero-order valence-electron chi connectivity index (χ0n) is 14.9. The molecule has 3 N–H and O–H groups in total. The topological polar surface area (TPSA) is 93.1 Å². The molecule has 0 saturated carbocycles. The number of urea groups is 1. The highest BCUT2D eigenvalue weighted by Gasteiger charge is 2.41. The number of aliphatic hydroxyl groups excluding tert-OH is 2. The Morgan fingerprint density at radius 3 is 2.54 bits per heavy atom. The van der Waals surface area contributed by atoms with Crippen molar-refractivity contribution in [1.82, 2.24) is 15.1 Å². The van der Waals surface area contributed by atoms with E-state index < -0.39 is 12.1 Å². The van der Waals surface area contributed by atoms with E-state index in [1.54, 1.807) is 9.80 Å². The van der Waals surface area contributed by atoms with Gasteiger partial charge in [-0.15, -0.1) is 0 Å². The van der Waals surface area contributed by atoms with Crippen molar-refractivity contribution in [2.75, 3.05) is 19.7 Å². The Morgan fingerprint density at radius 2 is 1.81 bits per heavy atom. The van der Waals surface area contributed by atoms with Crippen LogP contribution < -0.4 is 5.32 Å². The van der Waals surface area contributed by atoms with Gasteiger partial charge in [-0.1, -0.05) is 30.3 Å². The summed E-state index contributed by atoms with van der Waals surface area (Å²) < 4.78 is 0. The Balaban J connectivity index is 1.61. The molecule has 7 nitrogen and oxygen atoms in total. The van der Waals surface area contributed by atoms with Gasteiger partial charge < -0.3 is 25.3 Å². The van der Waals surface area contributed by atoms with Crippen molar-refractivity contribution in [3.05, 3.63) is 35.9 Å². The fraction of sp³-hybridized carbons (Fsp3) is 0.579. The van der Waals surface area contributed by atoms with E-state index in [4.69, 9.17) is 0 Å². The van der Waals surface area contributed by atoms with Crippen LogP contribution in [-0.2, 0) is 11.3 Å². The first kappa shape index (κ1) is 18.7. The second-order valence-corrected chi connectivity index (χ2v) is 6.99. The minimum Gasteiger partial charge on any atom is -0.394 e. The zero-order chi connectivity index (χ0) is 18.5. The summed E-state index contributed by atoms with van der Waals surface area (Å²) in [6, 6.07) is 8.57. The molecule has 142 valence electrons. The third-order valence-electron chi connectivity index (χ3n) is 5.30. The van der Waals surface area contributed by atoms with Gasteiger partial charge in [0.1, 0.15) is 6.04 Å². The van der Waals surface area contributed by atoms with Gasteiger partial charge in [0.25, 0.3) is 0 Å². The van der Waals surface area contributed by atoms with E-state index in [9.17, 15) is 19.8 Å². The van der Waals surface area contributed by atoms with E-state index in [1.165, 1.54) is 0 Å². The Kier molecular flexibility index (Phi) is 6.11. The van der Waals surface area contributed by atoms with Gasteiger partial charge in [0.2, 0.25) is 5.91 Å². The van der Waals surface area contributed by atoms with Crippen molar-refractivity contribution in [2.45, 2.75) is 50.4 Å². The number of rotatable bonds is 5. The van der Waals surface area contributed by atoms with Gasteiger partial charge in [0, 0.05) is 19.6 Å². The fourth-order valence-electron chi connectivity index (χ4n) is 3.92. The Morgan fingerprint density at radius 1 is 1.12 bits per heavy atom. The Hall–Kier alpha value is -2.12. The maximum atomic E-state index is 13.0. The molecule has 0 spiro atoms. The van der Waals surface area contributed by atoms with Crippen LogP contribution in [0.15, 0.2) is 30.3 Å². The predicted molar refractivity (Wildman–Crippen MR) is 96.2 cm³/mol. The molecular weight excluding hydrogens is 334 g/mol. The van der Waals surface area contributed by atoms with Gasteiger partial charge >= 0.3 is 6.03 Å². The lowest BCUT2D eigenvalue weighted by Gasteiger charge is -2.33. The molecule has 2 fully saturated rings. The third-order valence-corrected chi connectivity index (χ3v) is 5.30. The molecule has 3 atom stereocenters. The van der Waals surface area contributed by atoms with E-state index >= 15 is 0 Å². The summed E-state index contributed by atoms with van der Waals surface area (Å²) in [5.41, 5.74) is 1.01. The van der Waals surface area contributed by atoms with Crippen LogP contribution in [0.1, 0.15) is 31.2 Å². The molecule has 3 amide bonds. The molecule has 0 aliphatic carbocycles. The number of hydrogen-bond acceptors (Lipinski definition) is 4. The summed E-state index contributed by atoms with van der Waals surface area (Å²) in [4.78, 5) is 28.8. The molecule has 3 rings (SSSR count). The van der Waals surface area contributed by atoms with Crippen LogP contribution in [0, 0.1) is 0 Å². The van der Waals surface area contributed by atoms with Crippen LogP contribution in [0.25, 0.3) is 0 Å². The van der Waals surface area contributed by atoms with Crippen LogP contribution in [-0.4, -0.2) is 69.8 Å². The van der Waals surface area contributed by atoms with Crippen molar-refractivity contribution in [3.63, 3.8) is 0 Å². The van der Waals surface area contributed by atoms with Crippen LogP contribution in [0.4, 0.5) is 4.79 Å². The fourth-order valence-corrected chi connectivity index (χ4v) is 3.92. The highest BCUT2D eigenvalue weighted by Crippen LogP contribution is 2.26. The van der Waals surface area contributed by atoms with E-state index in [0.29, 0.717) is 32.5 Å². The summed E-state index contributed by atoms with van der Waals surface area (Å²) in [5.74, 6) is -0.118. The summed E-state index contributed by atoms with van der Waals surface area (Å²) >= 11 is 0. The molecule has 0 aromatic heterocycles. The molecule has 0 bridgehead atoms. The summed E-state index contributed by atoms with van der Waals surface area (Å²) in [5, 5.41) is 22.1. The molecule has 1 aromatic rings. The lowest BCUT2D eigenvalue weighted by Crippen LogP contribution is -2.53. The Bertz CT molecular complexity index is 624. The summed E-state index contributed by atoms with van der Waals surface area (Å²) in [7, 11) is 0. The predicted octanol–water partition coefficient (Wildman–Crippen LogP) is 0.705. The third kappa shape index (κ3) is 3.99. The van der Waals surface area contributed by atoms with Gasteiger partial charge in [0.15, 0.2) is 0 Å². The number of aliphatic hydroxyl groups is 2. The monoisotopic (exact) mass is 361 g/mol. The van der Waals surface area contributed by atoms with E-state index in [0.717, 1.165) is 18.4 Å². The highest BCUT2D eigenvalue weighted by atomic mass is 16.3. The number of nitrogens with zero attached hydrogens (tertiary/aromatic N) is 2. The average Bonchev–Trinajstić information content (AvgIpc) is 3.35. The first-order chi connectivity index (χ1) is 12.6. The minimum absolute atomic E-state index is 0.118. The van der Waals surface area contributed by atoms with Crippen molar-refractivity contribution < 1.29 is 19.8 Å². The number of carbonyl (C=O) groups is 2. The van der Waals surface area contributed by atoms with Crippen LogP contribution in [0.2, 0.25) is 0 Å². The lowest BCUT2D eigenvalue weighted by atomic mass is 10.1. The van der Waals surface area contributed by atoms with Crippen LogP contribution in [0.5, 0.6) is 0 Å². The van der Waals surface area contributed by atoms with Crippen molar-refractivity contribution in [2.24, 2.45) is 0 Å². The van der Waals surface area contributed by atoms with Gasteiger partial charge in [-0.05, 0) is 31.2 Å². The zero-order valence-corrected chi connectivity index (χ0v) is 14.9. The molecule has 0 unspecified atom stereocenters. The lowest BCUT2D eigenvalue weighted by molar-refractivity contribution is -0.138. The maximum absolute atomic E-state index is 13.0. The standard InChI is InChI=1S/C19H27N3O4/c23-13-17(24)15-8-4-10-21(15)18(25)16-9-5-11-22(16)19(26)20-12-14-6-2-1-3-7-14/h1-3,6-7,15-17,23-24H,4-5,8-13H2,(H,20,26)/t15-,16-,17-/m0/s1. The first-order valence-corrected chi connectivity index (χ1v) is 9.29. The molecular formula is C19H27N3O4. The summed E-state index contributed by atoms with van der Waals surface area (Å²) in [6.07, 6.45) is 1.98. The number of likely N-dealkylation sites (tertiary alicyclic amines) is 2. The molecule has 0 radical (unpaired) electrons. The molecule has 1 aromatic carbocycles. The smallest absolute Gasteiger partial charge is 0.318 e. The van der Waals surface area contributed by atoms with Gasteiger partial charge in [-0.2, -0.15) is 0 Å². The molecule has 7 heteroatoms. The second-order valence-electron chi connectivity index (χ2n) is 6.99. The van der Waals surface area contributed by atoms with Crippen LogP contribution >= 0.6 is 0 Å². The van der Waals surface area contributed by atoms with E-state index in [-0.39, 0.29) is 24.6 Å². The van der Waals surface area contributed by atoms with Gasteiger partial charge in [0.05, 0.1) is 18.8 Å². The Labute approximate surface area is 153 Å². The van der Waals surface area contributed by atoms with Crippen LogP contribution in [0.3, 0.4) is 0 Å². The number of amides is 3. The van der Waals surface area contributed by atoms with Crippen molar-refractivity contribution >= 4 is 11.9 Å². The molecule has 2 aliphatic heterocycles. The highest BCUT2D eigenvalue weighted by molar-refractivity contribution is 5.88. The van der Waals surface area contributed by atoms with E-state index in [2.05, 4.69) is 5.32 Å². The second kappa shape index (κ2) is 8.51. The van der Waals surface area contributed by atoms with Gasteiger partial charge in [-0.25, -0.2) is 4.79 Å². The van der Waals surface area contributed by atoms with Gasteiger partial charge in [-0.3, -0.25) is 4.79 Å². The van der Waals surface area contributed by atoms with E-state index in [1.807, 2.05) is 30.3 Å². The number of hydrogen-bond donors (Lipinski definition) is 3. The minimum atomic E-state index is -0.928.